The molecule has 1 aromatic carbocycles. The predicted molar refractivity (Wildman–Crippen MR) is 75.6 cm³/mol. The number of hydrogen-bond acceptors (Lipinski definition) is 3. The molecule has 0 aliphatic rings. The summed E-state index contributed by atoms with van der Waals surface area (Å²) in [6.45, 7) is 1.97. The first-order chi connectivity index (χ1) is 8.06. The molecule has 3 N–H and O–H groups in total. The van der Waals surface area contributed by atoms with Gasteiger partial charge in [0.25, 0.3) is 5.91 Å². The number of carbonyl (C=O) groups excluding carboxylic acids is 1. The lowest BCUT2D eigenvalue weighted by atomic mass is 10.3. The van der Waals surface area contributed by atoms with Crippen LogP contribution < -0.4 is 11.1 Å². The van der Waals surface area contributed by atoms with Crippen molar-refractivity contribution in [2.45, 2.75) is 6.92 Å². The summed E-state index contributed by atoms with van der Waals surface area (Å²) in [5.41, 5.74) is 7.05. The van der Waals surface area contributed by atoms with Gasteiger partial charge in [-0.25, -0.2) is 0 Å². The number of nitrogen functional groups attached to an aromatic ring is 1. The minimum atomic E-state index is -0.0974. The van der Waals surface area contributed by atoms with Crippen molar-refractivity contribution in [1.29, 1.82) is 0 Å². The molecule has 0 atom stereocenters. The van der Waals surface area contributed by atoms with Crippen LogP contribution in [0.2, 0.25) is 0 Å². The third kappa shape index (κ3) is 2.87. The number of benzene rings is 1. The Morgan fingerprint density at radius 1 is 1.35 bits per heavy atom. The molecule has 2 rings (SSSR count). The second-order valence-corrected chi connectivity index (χ2v) is 5.74. The van der Waals surface area contributed by atoms with E-state index in [0.29, 0.717) is 10.6 Å². The fourth-order valence-corrected chi connectivity index (χ4v) is 2.50. The lowest BCUT2D eigenvalue weighted by Gasteiger charge is -2.05. The van der Waals surface area contributed by atoms with Gasteiger partial charge in [-0.05, 0) is 53.2 Å². The molecule has 0 radical (unpaired) electrons. The first-order valence-corrected chi connectivity index (χ1v) is 6.60. The third-order valence-electron chi connectivity index (χ3n) is 2.22. The summed E-state index contributed by atoms with van der Waals surface area (Å²) in [4.78, 5) is 13.7. The highest BCUT2D eigenvalue weighted by Crippen LogP contribution is 2.24. The van der Waals surface area contributed by atoms with E-state index in [2.05, 4.69) is 21.2 Å². The van der Waals surface area contributed by atoms with E-state index in [9.17, 15) is 4.79 Å². The average molecular weight is 311 g/mol. The number of hydrogen-bond donors (Lipinski definition) is 2. The summed E-state index contributed by atoms with van der Waals surface area (Å²) in [6.07, 6.45) is 0. The van der Waals surface area contributed by atoms with Gasteiger partial charge in [0, 0.05) is 20.7 Å². The summed E-state index contributed by atoms with van der Waals surface area (Å²) >= 11 is 4.80. The zero-order valence-electron chi connectivity index (χ0n) is 9.16. The number of anilines is 2. The molecule has 2 aromatic rings. The van der Waals surface area contributed by atoms with Crippen LogP contribution in [0.15, 0.2) is 34.8 Å². The summed E-state index contributed by atoms with van der Waals surface area (Å²) < 4.78 is 0.776. The van der Waals surface area contributed by atoms with Crippen LogP contribution >= 0.6 is 27.3 Å². The summed E-state index contributed by atoms with van der Waals surface area (Å²) in [6, 6.07) is 9.06. The Morgan fingerprint density at radius 3 is 2.71 bits per heavy atom. The molecular weight excluding hydrogens is 300 g/mol. The van der Waals surface area contributed by atoms with Crippen molar-refractivity contribution in [3.05, 3.63) is 44.6 Å². The molecule has 0 aliphatic carbocycles. The van der Waals surface area contributed by atoms with Crippen LogP contribution in [0.5, 0.6) is 0 Å². The third-order valence-corrected chi connectivity index (χ3v) is 3.91. The van der Waals surface area contributed by atoms with E-state index in [1.54, 1.807) is 18.2 Å². The number of nitrogens with one attached hydrogen (secondary N) is 1. The first-order valence-electron chi connectivity index (χ1n) is 4.99. The van der Waals surface area contributed by atoms with Crippen molar-refractivity contribution in [2.75, 3.05) is 11.1 Å². The molecule has 1 amide bonds. The van der Waals surface area contributed by atoms with Crippen LogP contribution in [-0.4, -0.2) is 5.91 Å². The summed E-state index contributed by atoms with van der Waals surface area (Å²) in [5.74, 6) is -0.0974. The van der Waals surface area contributed by atoms with Crippen LogP contribution in [0.25, 0.3) is 0 Å². The molecule has 0 spiro atoms. The van der Waals surface area contributed by atoms with Gasteiger partial charge in [0.15, 0.2) is 0 Å². The maximum atomic E-state index is 11.9. The molecular formula is C12H11BrN2OS. The predicted octanol–water partition coefficient (Wildman–Crippen LogP) is 3.65. The van der Waals surface area contributed by atoms with Crippen molar-refractivity contribution >= 4 is 44.5 Å². The van der Waals surface area contributed by atoms with E-state index in [1.807, 2.05) is 19.1 Å². The molecule has 88 valence electrons. The Labute approximate surface area is 112 Å². The zero-order valence-corrected chi connectivity index (χ0v) is 11.6. The van der Waals surface area contributed by atoms with Crippen molar-refractivity contribution in [3.8, 4) is 0 Å². The van der Waals surface area contributed by atoms with Crippen molar-refractivity contribution < 1.29 is 4.79 Å². The topological polar surface area (TPSA) is 55.1 Å². The summed E-state index contributed by atoms with van der Waals surface area (Å²) in [7, 11) is 0. The SMILES string of the molecule is Cc1ccc(C(=O)Nc2ccc(N)c(Br)c2)s1. The molecule has 1 aromatic heterocycles. The number of thiophene rings is 1. The van der Waals surface area contributed by atoms with Gasteiger partial charge in [0.1, 0.15) is 0 Å². The van der Waals surface area contributed by atoms with Gasteiger partial charge in [0.05, 0.1) is 4.88 Å². The largest absolute Gasteiger partial charge is 0.398 e. The second-order valence-electron chi connectivity index (χ2n) is 3.60. The number of halogens is 1. The molecule has 17 heavy (non-hydrogen) atoms. The van der Waals surface area contributed by atoms with Gasteiger partial charge in [-0.3, -0.25) is 4.79 Å². The highest BCUT2D eigenvalue weighted by Gasteiger charge is 2.08. The van der Waals surface area contributed by atoms with E-state index >= 15 is 0 Å². The monoisotopic (exact) mass is 310 g/mol. The number of carbonyl (C=O) groups is 1. The van der Waals surface area contributed by atoms with Crippen molar-refractivity contribution in [3.63, 3.8) is 0 Å². The minimum Gasteiger partial charge on any atom is -0.398 e. The quantitative estimate of drug-likeness (QED) is 0.832. The number of nitrogens with two attached hydrogens (primary N) is 1. The Kier molecular flexibility index (Phi) is 3.49. The normalized spacial score (nSPS) is 10.2. The van der Waals surface area contributed by atoms with E-state index in [-0.39, 0.29) is 5.91 Å². The molecule has 0 aliphatic heterocycles. The van der Waals surface area contributed by atoms with E-state index in [0.717, 1.165) is 15.0 Å². The molecule has 3 nitrogen and oxygen atoms in total. The maximum Gasteiger partial charge on any atom is 0.265 e. The van der Waals surface area contributed by atoms with Crippen LogP contribution in [0.4, 0.5) is 11.4 Å². The van der Waals surface area contributed by atoms with Gasteiger partial charge < -0.3 is 11.1 Å². The van der Waals surface area contributed by atoms with Crippen LogP contribution in [0.3, 0.4) is 0 Å². The highest BCUT2D eigenvalue weighted by atomic mass is 79.9. The molecule has 1 heterocycles. The molecule has 0 saturated heterocycles. The second kappa shape index (κ2) is 4.89. The van der Waals surface area contributed by atoms with Crippen LogP contribution in [0.1, 0.15) is 14.5 Å². The van der Waals surface area contributed by atoms with Crippen LogP contribution in [-0.2, 0) is 0 Å². The Morgan fingerprint density at radius 2 is 2.12 bits per heavy atom. The molecule has 0 bridgehead atoms. The van der Waals surface area contributed by atoms with E-state index in [4.69, 9.17) is 5.73 Å². The molecule has 0 saturated carbocycles. The van der Waals surface area contributed by atoms with E-state index in [1.165, 1.54) is 11.3 Å². The molecule has 5 heteroatoms. The fraction of sp³-hybridized carbons (Fsp3) is 0.0833. The lowest BCUT2D eigenvalue weighted by molar-refractivity contribution is 0.103. The smallest absolute Gasteiger partial charge is 0.265 e. The number of rotatable bonds is 2. The van der Waals surface area contributed by atoms with Gasteiger partial charge in [0.2, 0.25) is 0 Å². The lowest BCUT2D eigenvalue weighted by Crippen LogP contribution is -2.10. The van der Waals surface area contributed by atoms with Gasteiger partial charge >= 0.3 is 0 Å². The average Bonchev–Trinajstić information content (AvgIpc) is 2.70. The minimum absolute atomic E-state index is 0.0974. The fourth-order valence-electron chi connectivity index (χ4n) is 1.35. The molecule has 0 unspecified atom stereocenters. The van der Waals surface area contributed by atoms with Crippen molar-refractivity contribution in [1.82, 2.24) is 0 Å². The summed E-state index contributed by atoms with van der Waals surface area (Å²) in [5, 5.41) is 2.83. The van der Waals surface area contributed by atoms with E-state index < -0.39 is 0 Å². The number of aryl methyl sites for hydroxylation is 1. The Hall–Kier alpha value is -1.33. The zero-order chi connectivity index (χ0) is 12.4. The standard InChI is InChI=1S/C12H11BrN2OS/c1-7-2-5-11(17-7)12(16)15-8-3-4-10(14)9(13)6-8/h2-6H,14H2,1H3,(H,15,16). The Balaban J connectivity index is 2.15. The number of amides is 1. The van der Waals surface area contributed by atoms with Gasteiger partial charge in [-0.15, -0.1) is 11.3 Å². The molecule has 0 fully saturated rings. The van der Waals surface area contributed by atoms with Crippen LogP contribution in [0, 0.1) is 6.92 Å². The van der Waals surface area contributed by atoms with Gasteiger partial charge in [-0.1, -0.05) is 0 Å². The Bertz CT molecular complexity index is 565. The first kappa shape index (κ1) is 12.1. The van der Waals surface area contributed by atoms with Crippen molar-refractivity contribution in [2.24, 2.45) is 0 Å². The maximum absolute atomic E-state index is 11.9. The highest BCUT2D eigenvalue weighted by molar-refractivity contribution is 9.10. The van der Waals surface area contributed by atoms with Gasteiger partial charge in [-0.2, -0.15) is 0 Å².